The number of aliphatic hydroxyl groups excluding tert-OH is 1. The van der Waals surface area contributed by atoms with E-state index in [1.165, 1.54) is 10.5 Å². The highest BCUT2D eigenvalue weighted by Gasteiger charge is 2.45. The number of amides is 1. The number of Topliss-reactive ketones (excluding diaryl/α,β-unsaturated/α-hetero) is 1. The molecule has 1 amide bonds. The van der Waals surface area contributed by atoms with E-state index in [0.29, 0.717) is 18.1 Å². The molecule has 1 atom stereocenters. The smallest absolute Gasteiger partial charge is 0.295 e. The Balaban J connectivity index is 2.08. The molecule has 0 spiro atoms. The van der Waals surface area contributed by atoms with Crippen molar-refractivity contribution in [2.24, 2.45) is 0 Å². The topological polar surface area (TPSA) is 66.8 Å². The highest BCUT2D eigenvalue weighted by Crippen LogP contribution is 2.39. The molecular formula is C26H31NO4. The second-order valence-electron chi connectivity index (χ2n) is 8.60. The maximum atomic E-state index is 13.0. The van der Waals surface area contributed by atoms with Crippen molar-refractivity contribution in [3.8, 4) is 0 Å². The molecule has 5 heteroatoms. The Morgan fingerprint density at radius 2 is 1.61 bits per heavy atom. The van der Waals surface area contributed by atoms with Crippen molar-refractivity contribution in [3.63, 3.8) is 0 Å². The van der Waals surface area contributed by atoms with Gasteiger partial charge in [-0.15, -0.1) is 0 Å². The van der Waals surface area contributed by atoms with Crippen LogP contribution in [-0.2, 0) is 14.3 Å². The molecule has 5 nitrogen and oxygen atoms in total. The Morgan fingerprint density at radius 1 is 1.00 bits per heavy atom. The third-order valence-electron chi connectivity index (χ3n) is 5.57. The molecule has 0 bridgehead atoms. The molecule has 1 aliphatic heterocycles. The number of benzene rings is 2. The number of hydrogen-bond acceptors (Lipinski definition) is 4. The molecule has 1 fully saturated rings. The van der Waals surface area contributed by atoms with Crippen molar-refractivity contribution in [2.75, 3.05) is 13.2 Å². The fourth-order valence-corrected chi connectivity index (χ4v) is 3.77. The first-order valence-electron chi connectivity index (χ1n) is 10.8. The van der Waals surface area contributed by atoms with E-state index < -0.39 is 17.7 Å². The zero-order valence-electron chi connectivity index (χ0n) is 18.9. The quantitative estimate of drug-likeness (QED) is 0.390. The van der Waals surface area contributed by atoms with Gasteiger partial charge in [-0.05, 0) is 37.8 Å². The SMILES string of the molecule is Cc1ccc(/C(O)=C2/C(=O)C(=O)N(CCOC(C)C)C2c2ccc(C(C)C)cc2)cc1. The third kappa shape index (κ3) is 4.88. The number of carbonyl (C=O) groups excluding carboxylic acids is 2. The second-order valence-corrected chi connectivity index (χ2v) is 8.60. The van der Waals surface area contributed by atoms with Crippen molar-refractivity contribution in [2.45, 2.75) is 52.7 Å². The minimum absolute atomic E-state index is 0.0214. The number of aryl methyl sites for hydroxylation is 1. The van der Waals surface area contributed by atoms with Crippen LogP contribution in [0.4, 0.5) is 0 Å². The largest absolute Gasteiger partial charge is 0.507 e. The van der Waals surface area contributed by atoms with E-state index in [1.807, 2.05) is 57.2 Å². The molecule has 1 heterocycles. The highest BCUT2D eigenvalue weighted by molar-refractivity contribution is 6.46. The molecule has 1 N–H and O–H groups in total. The molecule has 2 aromatic carbocycles. The third-order valence-corrected chi connectivity index (χ3v) is 5.57. The number of likely N-dealkylation sites (tertiary alicyclic amines) is 1. The molecule has 0 saturated carbocycles. The van der Waals surface area contributed by atoms with Gasteiger partial charge in [-0.3, -0.25) is 9.59 Å². The lowest BCUT2D eigenvalue weighted by Crippen LogP contribution is -2.33. The first kappa shape index (κ1) is 22.8. The van der Waals surface area contributed by atoms with E-state index in [9.17, 15) is 14.7 Å². The van der Waals surface area contributed by atoms with Gasteiger partial charge in [0.25, 0.3) is 11.7 Å². The van der Waals surface area contributed by atoms with E-state index in [-0.39, 0.29) is 24.0 Å². The monoisotopic (exact) mass is 421 g/mol. The number of ether oxygens (including phenoxy) is 1. The second kappa shape index (κ2) is 9.48. The summed E-state index contributed by atoms with van der Waals surface area (Å²) in [5, 5.41) is 11.1. The van der Waals surface area contributed by atoms with Crippen molar-refractivity contribution >= 4 is 17.4 Å². The first-order chi connectivity index (χ1) is 14.7. The lowest BCUT2D eigenvalue weighted by Gasteiger charge is -2.26. The van der Waals surface area contributed by atoms with Crippen LogP contribution in [0.25, 0.3) is 5.76 Å². The van der Waals surface area contributed by atoms with Crippen LogP contribution >= 0.6 is 0 Å². The zero-order chi connectivity index (χ0) is 22.7. The summed E-state index contributed by atoms with van der Waals surface area (Å²) in [4.78, 5) is 27.4. The summed E-state index contributed by atoms with van der Waals surface area (Å²) in [5.41, 5.74) is 3.65. The summed E-state index contributed by atoms with van der Waals surface area (Å²) in [5.74, 6) is -1.06. The molecule has 1 saturated heterocycles. The zero-order valence-corrected chi connectivity index (χ0v) is 18.9. The van der Waals surface area contributed by atoms with Crippen LogP contribution in [0.3, 0.4) is 0 Å². The number of nitrogens with zero attached hydrogens (tertiary/aromatic N) is 1. The summed E-state index contributed by atoms with van der Waals surface area (Å²) >= 11 is 0. The summed E-state index contributed by atoms with van der Waals surface area (Å²) < 4.78 is 5.63. The average molecular weight is 422 g/mol. The molecule has 0 aliphatic carbocycles. The van der Waals surface area contributed by atoms with Gasteiger partial charge in [0.15, 0.2) is 0 Å². The van der Waals surface area contributed by atoms with Crippen LogP contribution in [0.5, 0.6) is 0 Å². The normalized spacial score (nSPS) is 18.4. The molecular weight excluding hydrogens is 390 g/mol. The number of rotatable bonds is 7. The number of carbonyl (C=O) groups is 2. The Morgan fingerprint density at radius 3 is 2.16 bits per heavy atom. The van der Waals surface area contributed by atoms with Gasteiger partial charge in [0.1, 0.15) is 5.76 Å². The molecule has 31 heavy (non-hydrogen) atoms. The highest BCUT2D eigenvalue weighted by atomic mass is 16.5. The maximum absolute atomic E-state index is 13.0. The summed E-state index contributed by atoms with van der Waals surface area (Å²) in [7, 11) is 0. The van der Waals surface area contributed by atoms with Gasteiger partial charge in [0.2, 0.25) is 0 Å². The average Bonchev–Trinajstić information content (AvgIpc) is 2.98. The predicted octanol–water partition coefficient (Wildman–Crippen LogP) is 4.97. The van der Waals surface area contributed by atoms with E-state index >= 15 is 0 Å². The van der Waals surface area contributed by atoms with Crippen molar-refractivity contribution in [3.05, 3.63) is 76.4 Å². The van der Waals surface area contributed by atoms with Gasteiger partial charge in [0, 0.05) is 12.1 Å². The van der Waals surface area contributed by atoms with Gasteiger partial charge in [0.05, 0.1) is 24.3 Å². The molecule has 2 aromatic rings. The van der Waals surface area contributed by atoms with E-state index in [0.717, 1.165) is 11.1 Å². The number of aliphatic hydroxyl groups is 1. The first-order valence-corrected chi connectivity index (χ1v) is 10.8. The van der Waals surface area contributed by atoms with Gasteiger partial charge >= 0.3 is 0 Å². The lowest BCUT2D eigenvalue weighted by molar-refractivity contribution is -0.140. The minimum atomic E-state index is -0.666. The summed E-state index contributed by atoms with van der Waals surface area (Å²) in [6.07, 6.45) is 0.0214. The Kier molecular flexibility index (Phi) is 6.96. The van der Waals surface area contributed by atoms with Crippen LogP contribution in [0.1, 0.15) is 61.9 Å². The van der Waals surface area contributed by atoms with Crippen LogP contribution < -0.4 is 0 Å². The summed E-state index contributed by atoms with van der Waals surface area (Å²) in [6.45, 7) is 10.6. The van der Waals surface area contributed by atoms with Crippen molar-refractivity contribution in [1.29, 1.82) is 0 Å². The maximum Gasteiger partial charge on any atom is 0.295 e. The Hall–Kier alpha value is -2.92. The lowest BCUT2D eigenvalue weighted by atomic mass is 9.93. The van der Waals surface area contributed by atoms with E-state index in [1.54, 1.807) is 12.1 Å². The summed E-state index contributed by atoms with van der Waals surface area (Å²) in [6, 6.07) is 14.5. The van der Waals surface area contributed by atoms with Crippen LogP contribution in [0.15, 0.2) is 54.1 Å². The van der Waals surface area contributed by atoms with E-state index in [2.05, 4.69) is 13.8 Å². The van der Waals surface area contributed by atoms with Gasteiger partial charge in [-0.2, -0.15) is 0 Å². The van der Waals surface area contributed by atoms with Gasteiger partial charge in [-0.1, -0.05) is 67.9 Å². The standard InChI is InChI=1S/C26H31NO4/c1-16(2)19-10-12-20(13-11-19)23-22(24(28)21-8-6-18(5)7-9-21)25(29)26(30)27(23)14-15-31-17(3)4/h6-13,16-17,23,28H,14-15H2,1-5H3/b24-22-. The van der Waals surface area contributed by atoms with Crippen LogP contribution in [0, 0.1) is 6.92 Å². The van der Waals surface area contributed by atoms with Crippen LogP contribution in [-0.4, -0.2) is 41.0 Å². The number of ketones is 1. The molecule has 164 valence electrons. The van der Waals surface area contributed by atoms with Gasteiger partial charge < -0.3 is 14.7 Å². The number of hydrogen-bond donors (Lipinski definition) is 1. The fourth-order valence-electron chi connectivity index (χ4n) is 3.77. The molecule has 3 rings (SSSR count). The van der Waals surface area contributed by atoms with Crippen molar-refractivity contribution < 1.29 is 19.4 Å². The van der Waals surface area contributed by atoms with Crippen molar-refractivity contribution in [1.82, 2.24) is 4.90 Å². The fraction of sp³-hybridized carbons (Fsp3) is 0.385. The predicted molar refractivity (Wildman–Crippen MR) is 122 cm³/mol. The van der Waals surface area contributed by atoms with E-state index in [4.69, 9.17) is 4.74 Å². The molecule has 0 radical (unpaired) electrons. The molecule has 0 aromatic heterocycles. The minimum Gasteiger partial charge on any atom is -0.507 e. The molecule has 1 aliphatic rings. The van der Waals surface area contributed by atoms with Gasteiger partial charge in [-0.25, -0.2) is 0 Å². The Labute approximate surface area is 184 Å². The van der Waals surface area contributed by atoms with Crippen LogP contribution in [0.2, 0.25) is 0 Å². The molecule has 1 unspecified atom stereocenters. The Bertz CT molecular complexity index is 971.